The van der Waals surface area contributed by atoms with Crippen LogP contribution >= 0.6 is 24.0 Å². The van der Waals surface area contributed by atoms with E-state index < -0.39 is 0 Å². The molecule has 0 spiro atoms. The fourth-order valence-corrected chi connectivity index (χ4v) is 3.21. The fourth-order valence-electron chi connectivity index (χ4n) is 3.21. The zero-order chi connectivity index (χ0) is 18.2. The molecule has 0 amide bonds. The molecule has 1 saturated heterocycles. The lowest BCUT2D eigenvalue weighted by atomic mass is 9.99. The van der Waals surface area contributed by atoms with Crippen molar-refractivity contribution in [3.63, 3.8) is 0 Å². The van der Waals surface area contributed by atoms with Crippen molar-refractivity contribution < 1.29 is 4.74 Å². The molecular formula is C20H35IN4O. The summed E-state index contributed by atoms with van der Waals surface area (Å²) in [5, 5.41) is 3.47. The Bertz CT molecular complexity index is 539. The van der Waals surface area contributed by atoms with Crippen LogP contribution in [0.5, 0.6) is 5.75 Å². The smallest absolute Gasteiger partial charge is 0.193 e. The van der Waals surface area contributed by atoms with E-state index in [2.05, 4.69) is 55.2 Å². The van der Waals surface area contributed by atoms with E-state index in [1.54, 1.807) is 7.11 Å². The Balaban J connectivity index is 0.00000338. The Morgan fingerprint density at radius 3 is 2.38 bits per heavy atom. The number of halogens is 1. The summed E-state index contributed by atoms with van der Waals surface area (Å²) in [6.07, 6.45) is 2.50. The van der Waals surface area contributed by atoms with Crippen molar-refractivity contribution >= 4 is 29.9 Å². The Hall–Kier alpha value is -1.02. The highest BCUT2D eigenvalue weighted by Crippen LogP contribution is 2.22. The van der Waals surface area contributed by atoms with Crippen LogP contribution in [0.4, 0.5) is 0 Å². The molecule has 5 nitrogen and oxygen atoms in total. The SMILES string of the molecule is CCNC(=NCC(c1ccc(OC)cc1)N(C)C)N1CCC(C)CC1.I. The number of piperidine rings is 1. The lowest BCUT2D eigenvalue weighted by Crippen LogP contribution is -2.45. The third-order valence-corrected chi connectivity index (χ3v) is 4.96. The summed E-state index contributed by atoms with van der Waals surface area (Å²) in [5.74, 6) is 2.77. The first-order valence-electron chi connectivity index (χ1n) is 9.38. The maximum Gasteiger partial charge on any atom is 0.193 e. The van der Waals surface area contributed by atoms with Gasteiger partial charge in [-0.15, -0.1) is 24.0 Å². The maximum absolute atomic E-state index is 5.27. The lowest BCUT2D eigenvalue weighted by molar-refractivity contribution is 0.270. The van der Waals surface area contributed by atoms with Crippen LogP contribution in [0.25, 0.3) is 0 Å². The van der Waals surface area contributed by atoms with E-state index in [-0.39, 0.29) is 30.0 Å². The summed E-state index contributed by atoms with van der Waals surface area (Å²) in [5.41, 5.74) is 1.26. The van der Waals surface area contributed by atoms with Gasteiger partial charge in [-0.05, 0) is 57.5 Å². The second-order valence-corrected chi connectivity index (χ2v) is 7.12. The van der Waals surface area contributed by atoms with Gasteiger partial charge in [0.1, 0.15) is 5.75 Å². The Labute approximate surface area is 176 Å². The predicted octanol–water partition coefficient (Wildman–Crippen LogP) is 3.61. The minimum atomic E-state index is 0. The molecule has 0 aliphatic carbocycles. The third kappa shape index (κ3) is 6.61. The van der Waals surface area contributed by atoms with Crippen LogP contribution in [0.2, 0.25) is 0 Å². The molecule has 1 fully saturated rings. The van der Waals surface area contributed by atoms with E-state index in [1.807, 2.05) is 12.1 Å². The Kier molecular flexibility index (Phi) is 10.3. The number of rotatable bonds is 6. The van der Waals surface area contributed by atoms with E-state index >= 15 is 0 Å². The highest BCUT2D eigenvalue weighted by atomic mass is 127. The van der Waals surface area contributed by atoms with Crippen LogP contribution in [0.15, 0.2) is 29.3 Å². The monoisotopic (exact) mass is 474 g/mol. The summed E-state index contributed by atoms with van der Waals surface area (Å²) < 4.78 is 5.27. The highest BCUT2D eigenvalue weighted by Gasteiger charge is 2.20. The van der Waals surface area contributed by atoms with E-state index in [0.29, 0.717) is 0 Å². The molecule has 148 valence electrons. The van der Waals surface area contributed by atoms with Crippen LogP contribution in [-0.4, -0.2) is 63.1 Å². The second-order valence-electron chi connectivity index (χ2n) is 7.12. The van der Waals surface area contributed by atoms with E-state index in [1.165, 1.54) is 18.4 Å². The molecule has 0 saturated carbocycles. The van der Waals surface area contributed by atoms with Crippen molar-refractivity contribution in [2.75, 3.05) is 47.4 Å². The number of methoxy groups -OCH3 is 1. The van der Waals surface area contributed by atoms with Gasteiger partial charge in [0.25, 0.3) is 0 Å². The standard InChI is InChI=1S/C20H34N4O.HI/c1-6-21-20(24-13-11-16(2)12-14-24)22-15-19(23(3)4)17-7-9-18(25-5)10-8-17;/h7-10,16,19H,6,11-15H2,1-5H3,(H,21,22);1H. The number of likely N-dealkylation sites (N-methyl/N-ethyl adjacent to an activating group) is 1. The molecule has 26 heavy (non-hydrogen) atoms. The number of nitrogens with one attached hydrogen (secondary N) is 1. The van der Waals surface area contributed by atoms with E-state index in [4.69, 9.17) is 9.73 Å². The summed E-state index contributed by atoms with van der Waals surface area (Å²) in [7, 11) is 5.92. The summed E-state index contributed by atoms with van der Waals surface area (Å²) >= 11 is 0. The Morgan fingerprint density at radius 1 is 1.27 bits per heavy atom. The van der Waals surface area contributed by atoms with Gasteiger partial charge in [-0.3, -0.25) is 4.99 Å². The highest BCUT2D eigenvalue weighted by molar-refractivity contribution is 14.0. The molecule has 1 aromatic carbocycles. The number of likely N-dealkylation sites (tertiary alicyclic amines) is 1. The predicted molar refractivity (Wildman–Crippen MR) is 121 cm³/mol. The van der Waals surface area contributed by atoms with Crippen molar-refractivity contribution in [2.24, 2.45) is 10.9 Å². The number of ether oxygens (including phenoxy) is 1. The average molecular weight is 474 g/mol. The van der Waals surface area contributed by atoms with Crippen molar-refractivity contribution in [1.82, 2.24) is 15.1 Å². The summed E-state index contributed by atoms with van der Waals surface area (Å²) in [6.45, 7) is 8.32. The molecule has 1 unspecified atom stereocenters. The first-order chi connectivity index (χ1) is 12.0. The van der Waals surface area contributed by atoms with Gasteiger partial charge in [0.15, 0.2) is 5.96 Å². The normalized spacial score (nSPS) is 17.0. The van der Waals surface area contributed by atoms with Crippen molar-refractivity contribution in [2.45, 2.75) is 32.7 Å². The molecule has 1 aromatic rings. The maximum atomic E-state index is 5.27. The number of guanidine groups is 1. The number of benzene rings is 1. The van der Waals surface area contributed by atoms with Crippen molar-refractivity contribution in [3.8, 4) is 5.75 Å². The zero-order valence-corrected chi connectivity index (χ0v) is 19.2. The largest absolute Gasteiger partial charge is 0.497 e. The summed E-state index contributed by atoms with van der Waals surface area (Å²) in [4.78, 5) is 9.60. The first kappa shape index (κ1) is 23.0. The van der Waals surface area contributed by atoms with Gasteiger partial charge < -0.3 is 19.9 Å². The number of hydrogen-bond acceptors (Lipinski definition) is 3. The van der Waals surface area contributed by atoms with E-state index in [0.717, 1.165) is 43.8 Å². The average Bonchev–Trinajstić information content (AvgIpc) is 2.62. The molecule has 1 aliphatic rings. The molecule has 0 radical (unpaired) electrons. The molecule has 0 bridgehead atoms. The molecule has 1 N–H and O–H groups in total. The Morgan fingerprint density at radius 2 is 1.88 bits per heavy atom. The van der Waals surface area contributed by atoms with Gasteiger partial charge in [0.05, 0.1) is 19.7 Å². The number of hydrogen-bond donors (Lipinski definition) is 1. The van der Waals surface area contributed by atoms with Gasteiger partial charge in [-0.25, -0.2) is 0 Å². The third-order valence-electron chi connectivity index (χ3n) is 4.96. The second kappa shape index (κ2) is 11.6. The molecule has 1 heterocycles. The topological polar surface area (TPSA) is 40.1 Å². The van der Waals surface area contributed by atoms with Crippen LogP contribution in [-0.2, 0) is 0 Å². The van der Waals surface area contributed by atoms with Crippen molar-refractivity contribution in [3.05, 3.63) is 29.8 Å². The molecule has 6 heteroatoms. The van der Waals surface area contributed by atoms with Crippen molar-refractivity contribution in [1.29, 1.82) is 0 Å². The van der Waals surface area contributed by atoms with E-state index in [9.17, 15) is 0 Å². The van der Waals surface area contributed by atoms with Gasteiger partial charge in [0, 0.05) is 19.6 Å². The number of nitrogens with zero attached hydrogens (tertiary/aromatic N) is 3. The number of aliphatic imine (C=N–C) groups is 1. The molecule has 2 rings (SSSR count). The van der Waals surface area contributed by atoms with Gasteiger partial charge >= 0.3 is 0 Å². The quantitative estimate of drug-likeness (QED) is 0.389. The molecular weight excluding hydrogens is 439 g/mol. The molecule has 1 aliphatic heterocycles. The van der Waals surface area contributed by atoms with Crippen LogP contribution in [0, 0.1) is 5.92 Å². The lowest BCUT2D eigenvalue weighted by Gasteiger charge is -2.33. The van der Waals surface area contributed by atoms with Gasteiger partial charge in [0.2, 0.25) is 0 Å². The minimum Gasteiger partial charge on any atom is -0.497 e. The molecule has 0 aromatic heterocycles. The van der Waals surface area contributed by atoms with Gasteiger partial charge in [-0.1, -0.05) is 19.1 Å². The molecule has 1 atom stereocenters. The van der Waals surface area contributed by atoms with Crippen LogP contribution in [0.3, 0.4) is 0 Å². The first-order valence-corrected chi connectivity index (χ1v) is 9.38. The summed E-state index contributed by atoms with van der Waals surface area (Å²) in [6, 6.07) is 8.56. The zero-order valence-electron chi connectivity index (χ0n) is 16.9. The van der Waals surface area contributed by atoms with Crippen LogP contribution < -0.4 is 10.1 Å². The minimum absolute atomic E-state index is 0. The fraction of sp³-hybridized carbons (Fsp3) is 0.650. The van der Waals surface area contributed by atoms with Crippen LogP contribution in [0.1, 0.15) is 38.3 Å². The van der Waals surface area contributed by atoms with Gasteiger partial charge in [-0.2, -0.15) is 0 Å².